The van der Waals surface area contributed by atoms with Gasteiger partial charge in [-0.3, -0.25) is 14.7 Å². The molecule has 0 aliphatic heterocycles. The van der Waals surface area contributed by atoms with Crippen LogP contribution in [0.4, 0.5) is 5.95 Å². The fraction of sp³-hybridized carbons (Fsp3) is 0. The highest BCUT2D eigenvalue weighted by molar-refractivity contribution is 6.04. The zero-order valence-corrected chi connectivity index (χ0v) is 12.9. The lowest BCUT2D eigenvalue weighted by atomic mass is 10.2. The van der Waals surface area contributed by atoms with E-state index in [0.29, 0.717) is 11.5 Å². The Hall–Kier alpha value is -3.40. The molecule has 1 amide bonds. The number of amides is 1. The average Bonchev–Trinajstić information content (AvgIpc) is 3.01. The quantitative estimate of drug-likeness (QED) is 0.614. The van der Waals surface area contributed by atoms with E-state index in [9.17, 15) is 4.79 Å². The Morgan fingerprint density at radius 2 is 1.42 bits per heavy atom. The van der Waals surface area contributed by atoms with E-state index in [-0.39, 0.29) is 5.91 Å². The number of para-hydroxylation sites is 3. The van der Waals surface area contributed by atoms with E-state index in [1.54, 1.807) is 12.1 Å². The molecule has 0 saturated heterocycles. The number of nitrogens with zero attached hydrogens (tertiary/aromatic N) is 2. The number of hydrogen-bond donors (Lipinski definition) is 1. The molecule has 4 nitrogen and oxygen atoms in total. The first-order chi connectivity index (χ1) is 11.8. The number of anilines is 1. The largest absolute Gasteiger partial charge is 0.292 e. The number of carbonyl (C=O) groups is 1. The molecule has 0 bridgehead atoms. The molecule has 0 spiro atoms. The van der Waals surface area contributed by atoms with Crippen molar-refractivity contribution >= 4 is 22.9 Å². The van der Waals surface area contributed by atoms with Gasteiger partial charge < -0.3 is 0 Å². The van der Waals surface area contributed by atoms with Gasteiger partial charge in [0.1, 0.15) is 0 Å². The smallest absolute Gasteiger partial charge is 0.257 e. The summed E-state index contributed by atoms with van der Waals surface area (Å²) in [6.07, 6.45) is 0. The number of imidazole rings is 1. The van der Waals surface area contributed by atoms with Gasteiger partial charge in [0.25, 0.3) is 5.91 Å². The third-order valence-electron chi connectivity index (χ3n) is 3.84. The van der Waals surface area contributed by atoms with E-state index in [1.807, 2.05) is 77.4 Å². The van der Waals surface area contributed by atoms with Crippen molar-refractivity contribution in [1.82, 2.24) is 9.55 Å². The van der Waals surface area contributed by atoms with Crippen LogP contribution in [0.3, 0.4) is 0 Å². The van der Waals surface area contributed by atoms with Crippen LogP contribution in [0.25, 0.3) is 16.7 Å². The zero-order valence-electron chi connectivity index (χ0n) is 12.9. The van der Waals surface area contributed by atoms with Crippen LogP contribution in [0, 0.1) is 0 Å². The Labute approximate surface area is 139 Å². The summed E-state index contributed by atoms with van der Waals surface area (Å²) in [5.74, 6) is 0.333. The molecule has 116 valence electrons. The van der Waals surface area contributed by atoms with Crippen molar-refractivity contribution in [2.24, 2.45) is 0 Å². The van der Waals surface area contributed by atoms with E-state index < -0.39 is 0 Å². The van der Waals surface area contributed by atoms with E-state index in [4.69, 9.17) is 0 Å². The van der Waals surface area contributed by atoms with Crippen molar-refractivity contribution in [2.45, 2.75) is 0 Å². The normalized spacial score (nSPS) is 10.7. The van der Waals surface area contributed by atoms with Crippen molar-refractivity contribution < 1.29 is 4.79 Å². The molecular weight excluding hydrogens is 298 g/mol. The third kappa shape index (κ3) is 2.54. The highest BCUT2D eigenvalue weighted by Gasteiger charge is 2.15. The number of carbonyl (C=O) groups excluding carboxylic acids is 1. The molecule has 24 heavy (non-hydrogen) atoms. The van der Waals surface area contributed by atoms with Crippen LogP contribution >= 0.6 is 0 Å². The molecule has 0 aliphatic rings. The number of rotatable bonds is 3. The molecule has 1 heterocycles. The van der Waals surface area contributed by atoms with Crippen LogP contribution in [-0.4, -0.2) is 15.5 Å². The van der Waals surface area contributed by atoms with Gasteiger partial charge in [-0.25, -0.2) is 4.98 Å². The Bertz CT molecular complexity index is 991. The molecule has 4 aromatic rings. The monoisotopic (exact) mass is 313 g/mol. The summed E-state index contributed by atoms with van der Waals surface area (Å²) in [5, 5.41) is 2.93. The molecule has 4 rings (SSSR count). The number of fused-ring (bicyclic) bond motifs is 1. The van der Waals surface area contributed by atoms with Crippen molar-refractivity contribution in [3.8, 4) is 5.69 Å². The van der Waals surface area contributed by atoms with Gasteiger partial charge in [-0.2, -0.15) is 0 Å². The van der Waals surface area contributed by atoms with Crippen LogP contribution in [-0.2, 0) is 0 Å². The molecule has 0 radical (unpaired) electrons. The van der Waals surface area contributed by atoms with Gasteiger partial charge in [0, 0.05) is 11.3 Å². The number of hydrogen-bond acceptors (Lipinski definition) is 2. The Kier molecular flexibility index (Phi) is 3.56. The van der Waals surface area contributed by atoms with Crippen LogP contribution in [0.5, 0.6) is 0 Å². The van der Waals surface area contributed by atoms with E-state index >= 15 is 0 Å². The topological polar surface area (TPSA) is 46.9 Å². The summed E-state index contributed by atoms with van der Waals surface area (Å²) in [7, 11) is 0. The fourth-order valence-corrected chi connectivity index (χ4v) is 2.71. The number of aromatic nitrogens is 2. The molecule has 0 saturated carbocycles. The van der Waals surface area contributed by atoms with Crippen LogP contribution in [0.15, 0.2) is 84.9 Å². The maximum Gasteiger partial charge on any atom is 0.257 e. The standard InChI is InChI=1S/C20H15N3O/c24-19(15-9-3-1-4-10-15)22-20-21-17-13-7-8-14-18(17)23(20)16-11-5-2-6-12-16/h1-14H,(H,21,22,24). The van der Waals surface area contributed by atoms with Gasteiger partial charge in [-0.05, 0) is 36.4 Å². The van der Waals surface area contributed by atoms with Crippen molar-refractivity contribution in [1.29, 1.82) is 0 Å². The Morgan fingerprint density at radius 1 is 0.792 bits per heavy atom. The van der Waals surface area contributed by atoms with E-state index in [2.05, 4.69) is 10.3 Å². The maximum atomic E-state index is 12.5. The summed E-state index contributed by atoms with van der Waals surface area (Å²) in [4.78, 5) is 17.1. The molecule has 0 unspecified atom stereocenters. The average molecular weight is 313 g/mol. The second-order valence-corrected chi connectivity index (χ2v) is 5.42. The van der Waals surface area contributed by atoms with Gasteiger partial charge in [-0.15, -0.1) is 0 Å². The highest BCUT2D eigenvalue weighted by atomic mass is 16.1. The molecule has 1 N–H and O–H groups in total. The first kappa shape index (κ1) is 14.2. The second kappa shape index (κ2) is 6.01. The SMILES string of the molecule is O=C(Nc1nc2ccccc2n1-c1ccccc1)c1ccccc1. The Morgan fingerprint density at radius 3 is 2.17 bits per heavy atom. The first-order valence-corrected chi connectivity index (χ1v) is 7.72. The number of nitrogens with one attached hydrogen (secondary N) is 1. The zero-order chi connectivity index (χ0) is 16.4. The molecule has 0 aliphatic carbocycles. The Balaban J connectivity index is 1.82. The van der Waals surface area contributed by atoms with Crippen LogP contribution < -0.4 is 5.32 Å². The van der Waals surface area contributed by atoms with Gasteiger partial charge in [0.15, 0.2) is 0 Å². The summed E-state index contributed by atoms with van der Waals surface area (Å²) < 4.78 is 1.95. The van der Waals surface area contributed by atoms with Crippen molar-refractivity contribution in [2.75, 3.05) is 5.32 Å². The van der Waals surface area contributed by atoms with Crippen LogP contribution in [0.1, 0.15) is 10.4 Å². The summed E-state index contributed by atoms with van der Waals surface area (Å²) in [5.41, 5.74) is 3.34. The minimum atomic E-state index is -0.178. The van der Waals surface area contributed by atoms with Gasteiger partial charge >= 0.3 is 0 Å². The summed E-state index contributed by atoms with van der Waals surface area (Å²) >= 11 is 0. The molecule has 0 fully saturated rings. The first-order valence-electron chi connectivity index (χ1n) is 7.72. The van der Waals surface area contributed by atoms with Crippen LogP contribution in [0.2, 0.25) is 0 Å². The minimum Gasteiger partial charge on any atom is -0.292 e. The van der Waals surface area contributed by atoms with E-state index in [1.165, 1.54) is 0 Å². The predicted octanol–water partition coefficient (Wildman–Crippen LogP) is 4.28. The summed E-state index contributed by atoms with van der Waals surface area (Å²) in [6.45, 7) is 0. The summed E-state index contributed by atoms with van der Waals surface area (Å²) in [6, 6.07) is 26.8. The number of benzene rings is 3. The van der Waals surface area contributed by atoms with Crippen molar-refractivity contribution in [3.05, 3.63) is 90.5 Å². The lowest BCUT2D eigenvalue weighted by molar-refractivity contribution is 0.102. The minimum absolute atomic E-state index is 0.178. The van der Waals surface area contributed by atoms with Crippen molar-refractivity contribution in [3.63, 3.8) is 0 Å². The molecular formula is C20H15N3O. The third-order valence-corrected chi connectivity index (χ3v) is 3.84. The lowest BCUT2D eigenvalue weighted by Crippen LogP contribution is -2.15. The van der Waals surface area contributed by atoms with Gasteiger partial charge in [0.05, 0.1) is 11.0 Å². The fourth-order valence-electron chi connectivity index (χ4n) is 2.71. The maximum absolute atomic E-state index is 12.5. The molecule has 4 heteroatoms. The highest BCUT2D eigenvalue weighted by Crippen LogP contribution is 2.24. The van der Waals surface area contributed by atoms with E-state index in [0.717, 1.165) is 16.7 Å². The molecule has 3 aromatic carbocycles. The van der Waals surface area contributed by atoms with Gasteiger partial charge in [0.2, 0.25) is 5.95 Å². The van der Waals surface area contributed by atoms with Gasteiger partial charge in [-0.1, -0.05) is 48.5 Å². The molecule has 1 aromatic heterocycles. The second-order valence-electron chi connectivity index (χ2n) is 5.42. The lowest BCUT2D eigenvalue weighted by Gasteiger charge is -2.10. The molecule has 0 atom stereocenters. The predicted molar refractivity (Wildman–Crippen MR) is 95.5 cm³/mol.